The molecule has 6 nitrogen and oxygen atoms in total. The normalized spacial score (nSPS) is 10.8. The molecule has 3 aromatic rings. The van der Waals surface area contributed by atoms with E-state index in [0.29, 0.717) is 16.9 Å². The van der Waals surface area contributed by atoms with Crippen molar-refractivity contribution in [3.05, 3.63) is 58.5 Å². The van der Waals surface area contributed by atoms with Crippen molar-refractivity contribution < 1.29 is 9.90 Å². The summed E-state index contributed by atoms with van der Waals surface area (Å²) < 4.78 is 2.31. The molecule has 0 aliphatic heterocycles. The average molecular weight is 347 g/mol. The van der Waals surface area contributed by atoms with Crippen LogP contribution in [0.1, 0.15) is 15.9 Å². The number of aliphatic hydroxyl groups is 1. The molecule has 1 amide bonds. The number of halogens is 1. The molecule has 7 heteroatoms. The molecule has 0 atom stereocenters. The molecule has 3 rings (SSSR count). The van der Waals surface area contributed by atoms with Gasteiger partial charge in [-0.3, -0.25) is 4.79 Å². The summed E-state index contributed by atoms with van der Waals surface area (Å²) in [6.07, 6.45) is 4.81. The number of hydrogen-bond donors (Lipinski definition) is 2. The summed E-state index contributed by atoms with van der Waals surface area (Å²) in [6, 6.07) is 7.02. The summed E-state index contributed by atoms with van der Waals surface area (Å²) in [7, 11) is 0. The van der Waals surface area contributed by atoms with Gasteiger partial charge >= 0.3 is 0 Å². The minimum absolute atomic E-state index is 0.0734. The van der Waals surface area contributed by atoms with Gasteiger partial charge in [-0.2, -0.15) is 5.10 Å². The van der Waals surface area contributed by atoms with Gasteiger partial charge in [-0.05, 0) is 33.6 Å². The van der Waals surface area contributed by atoms with Crippen molar-refractivity contribution in [1.29, 1.82) is 0 Å². The minimum Gasteiger partial charge on any atom is -0.392 e. The molecular weight excluding hydrogens is 336 g/mol. The van der Waals surface area contributed by atoms with E-state index >= 15 is 0 Å². The van der Waals surface area contributed by atoms with Gasteiger partial charge in [0.1, 0.15) is 5.56 Å². The van der Waals surface area contributed by atoms with Gasteiger partial charge in [-0.1, -0.05) is 12.1 Å². The van der Waals surface area contributed by atoms with Gasteiger partial charge in [0.15, 0.2) is 5.65 Å². The summed E-state index contributed by atoms with van der Waals surface area (Å²) in [4.78, 5) is 16.5. The fourth-order valence-corrected chi connectivity index (χ4v) is 2.25. The lowest BCUT2D eigenvalue weighted by atomic mass is 10.2. The lowest BCUT2D eigenvalue weighted by molar-refractivity contribution is 0.102. The third-order valence-corrected chi connectivity index (χ3v) is 3.35. The van der Waals surface area contributed by atoms with E-state index in [1.165, 1.54) is 10.7 Å². The zero-order valence-electron chi connectivity index (χ0n) is 10.8. The van der Waals surface area contributed by atoms with E-state index in [1.807, 2.05) is 0 Å². The van der Waals surface area contributed by atoms with Crippen molar-refractivity contribution in [3.8, 4) is 0 Å². The average Bonchev–Trinajstić information content (AvgIpc) is 2.90. The second kappa shape index (κ2) is 5.63. The van der Waals surface area contributed by atoms with Crippen LogP contribution in [-0.2, 0) is 6.61 Å². The Labute approximate surface area is 128 Å². The third kappa shape index (κ3) is 2.79. The predicted octanol–water partition coefficient (Wildman–Crippen LogP) is 2.24. The third-order valence-electron chi connectivity index (χ3n) is 2.94. The Hall–Kier alpha value is -2.25. The van der Waals surface area contributed by atoms with Gasteiger partial charge in [-0.15, -0.1) is 0 Å². The number of nitrogens with one attached hydrogen (secondary N) is 1. The molecule has 0 unspecified atom stereocenters. The first-order valence-corrected chi connectivity index (χ1v) is 6.97. The lowest BCUT2D eigenvalue weighted by Crippen LogP contribution is -2.12. The van der Waals surface area contributed by atoms with Gasteiger partial charge in [0, 0.05) is 18.1 Å². The highest BCUT2D eigenvalue weighted by Crippen LogP contribution is 2.16. The first-order valence-electron chi connectivity index (χ1n) is 6.17. The number of anilines is 1. The molecule has 21 heavy (non-hydrogen) atoms. The Balaban J connectivity index is 1.90. The smallest absolute Gasteiger partial charge is 0.261 e. The highest BCUT2D eigenvalue weighted by Gasteiger charge is 2.14. The number of aliphatic hydroxyl groups excluding tert-OH is 1. The minimum atomic E-state index is -0.296. The number of carbonyl (C=O) groups is 1. The molecule has 1 aromatic carbocycles. The van der Waals surface area contributed by atoms with Crippen molar-refractivity contribution in [2.75, 3.05) is 5.32 Å². The molecule has 0 radical (unpaired) electrons. The zero-order chi connectivity index (χ0) is 14.8. The molecule has 0 saturated carbocycles. The molecule has 2 aromatic heterocycles. The highest BCUT2D eigenvalue weighted by atomic mass is 79.9. The molecule has 2 N–H and O–H groups in total. The summed E-state index contributed by atoms with van der Waals surface area (Å²) in [6.45, 7) is -0.0734. The number of fused-ring (bicyclic) bond motifs is 1. The van der Waals surface area contributed by atoms with E-state index in [1.54, 1.807) is 36.7 Å². The Morgan fingerprint density at radius 2 is 2.24 bits per heavy atom. The first kappa shape index (κ1) is 13.7. The van der Waals surface area contributed by atoms with Crippen LogP contribution < -0.4 is 5.32 Å². The van der Waals surface area contributed by atoms with Crippen LogP contribution in [0.15, 0.2) is 47.3 Å². The van der Waals surface area contributed by atoms with Crippen LogP contribution in [0.25, 0.3) is 5.65 Å². The maximum Gasteiger partial charge on any atom is 0.261 e. The van der Waals surface area contributed by atoms with E-state index in [2.05, 4.69) is 31.3 Å². The molecule has 0 aliphatic rings. The molecule has 0 fully saturated rings. The molecule has 106 valence electrons. The Morgan fingerprint density at radius 1 is 1.38 bits per heavy atom. The molecule has 0 spiro atoms. The summed E-state index contributed by atoms with van der Waals surface area (Å²) >= 11 is 3.30. The van der Waals surface area contributed by atoms with Crippen LogP contribution in [0.5, 0.6) is 0 Å². The number of amides is 1. The maximum atomic E-state index is 12.3. The second-order valence-electron chi connectivity index (χ2n) is 4.41. The Kier molecular flexibility index (Phi) is 3.68. The largest absolute Gasteiger partial charge is 0.392 e. The number of aromatic nitrogens is 3. The topological polar surface area (TPSA) is 79.5 Å². The van der Waals surface area contributed by atoms with E-state index in [0.717, 1.165) is 10.0 Å². The van der Waals surface area contributed by atoms with Crippen molar-refractivity contribution in [3.63, 3.8) is 0 Å². The van der Waals surface area contributed by atoms with Gasteiger partial charge in [0.2, 0.25) is 0 Å². The van der Waals surface area contributed by atoms with E-state index < -0.39 is 0 Å². The molecule has 0 saturated heterocycles. The van der Waals surface area contributed by atoms with Crippen LogP contribution >= 0.6 is 15.9 Å². The SMILES string of the molecule is O=C(Nc1cccc(CO)c1)c1cnn2cc(Br)cnc12. The van der Waals surface area contributed by atoms with E-state index in [-0.39, 0.29) is 12.5 Å². The molecule has 2 heterocycles. The summed E-state index contributed by atoms with van der Waals surface area (Å²) in [5.41, 5.74) is 2.21. The number of rotatable bonds is 3. The maximum absolute atomic E-state index is 12.3. The fourth-order valence-electron chi connectivity index (χ4n) is 1.96. The summed E-state index contributed by atoms with van der Waals surface area (Å²) in [5.74, 6) is -0.296. The summed E-state index contributed by atoms with van der Waals surface area (Å²) in [5, 5.41) is 16.0. The van der Waals surface area contributed by atoms with Crippen LogP contribution in [0, 0.1) is 0 Å². The van der Waals surface area contributed by atoms with Crippen molar-refractivity contribution in [2.45, 2.75) is 6.61 Å². The van der Waals surface area contributed by atoms with Crippen molar-refractivity contribution >= 4 is 33.2 Å². The predicted molar refractivity (Wildman–Crippen MR) is 81.0 cm³/mol. The van der Waals surface area contributed by atoms with Gasteiger partial charge in [0.05, 0.1) is 17.3 Å². The van der Waals surface area contributed by atoms with Crippen molar-refractivity contribution in [1.82, 2.24) is 14.6 Å². The van der Waals surface area contributed by atoms with Gasteiger partial charge in [0.25, 0.3) is 5.91 Å². The van der Waals surface area contributed by atoms with E-state index in [4.69, 9.17) is 5.11 Å². The van der Waals surface area contributed by atoms with Gasteiger partial charge < -0.3 is 10.4 Å². The molecular formula is C14H11BrN4O2. The zero-order valence-corrected chi connectivity index (χ0v) is 12.4. The lowest BCUT2D eigenvalue weighted by Gasteiger charge is -2.05. The number of hydrogen-bond acceptors (Lipinski definition) is 4. The van der Waals surface area contributed by atoms with Crippen LogP contribution in [0.4, 0.5) is 5.69 Å². The van der Waals surface area contributed by atoms with Crippen LogP contribution in [-0.4, -0.2) is 25.6 Å². The number of nitrogens with zero attached hydrogens (tertiary/aromatic N) is 3. The van der Waals surface area contributed by atoms with Gasteiger partial charge in [-0.25, -0.2) is 9.50 Å². The van der Waals surface area contributed by atoms with Crippen molar-refractivity contribution in [2.24, 2.45) is 0 Å². The van der Waals surface area contributed by atoms with Crippen LogP contribution in [0.3, 0.4) is 0 Å². The standard InChI is InChI=1S/C14H11BrN4O2/c15-10-5-16-13-12(6-17-19(13)7-10)14(21)18-11-3-1-2-9(4-11)8-20/h1-7,20H,8H2,(H,18,21). The molecule has 0 bridgehead atoms. The number of benzene rings is 1. The monoisotopic (exact) mass is 346 g/mol. The Bertz CT molecular complexity index is 816. The van der Waals surface area contributed by atoms with E-state index in [9.17, 15) is 4.79 Å². The number of carbonyl (C=O) groups excluding carboxylic acids is 1. The second-order valence-corrected chi connectivity index (χ2v) is 5.33. The highest BCUT2D eigenvalue weighted by molar-refractivity contribution is 9.10. The van der Waals surface area contributed by atoms with Crippen LogP contribution in [0.2, 0.25) is 0 Å². The quantitative estimate of drug-likeness (QED) is 0.762. The Morgan fingerprint density at radius 3 is 3.05 bits per heavy atom. The fraction of sp³-hybridized carbons (Fsp3) is 0.0714. The molecule has 0 aliphatic carbocycles. The first-order chi connectivity index (χ1) is 10.2.